The Balaban J connectivity index is 2.99. The molecule has 84 valence electrons. The van der Waals surface area contributed by atoms with Crippen LogP contribution in [-0.2, 0) is 15.6 Å². The highest BCUT2D eigenvalue weighted by Gasteiger charge is 2.16. The van der Waals surface area contributed by atoms with E-state index in [1.807, 2.05) is 0 Å². The third-order valence-electron chi connectivity index (χ3n) is 1.85. The molecule has 2 N–H and O–H groups in total. The lowest BCUT2D eigenvalue weighted by Gasteiger charge is -2.06. The highest BCUT2D eigenvalue weighted by molar-refractivity contribution is 7.90. The first kappa shape index (κ1) is 12.4. The van der Waals surface area contributed by atoms with E-state index in [1.165, 1.54) is 18.2 Å². The van der Waals surface area contributed by atoms with Gasteiger partial charge >= 0.3 is 0 Å². The van der Waals surface area contributed by atoms with Crippen molar-refractivity contribution < 1.29 is 12.8 Å². The van der Waals surface area contributed by atoms with Crippen molar-refractivity contribution in [3.8, 4) is 0 Å². The molecule has 0 saturated heterocycles. The van der Waals surface area contributed by atoms with Gasteiger partial charge in [-0.2, -0.15) is 0 Å². The van der Waals surface area contributed by atoms with E-state index in [2.05, 4.69) is 0 Å². The predicted molar refractivity (Wildman–Crippen MR) is 58.0 cm³/mol. The Bertz CT molecular complexity index is 427. The Kier molecular flexibility index (Phi) is 4.07. The fraction of sp³-hybridized carbons (Fsp3) is 0.333. The minimum atomic E-state index is -3.38. The molecule has 0 heterocycles. The zero-order chi connectivity index (χ0) is 11.5. The van der Waals surface area contributed by atoms with Gasteiger partial charge < -0.3 is 5.73 Å². The third kappa shape index (κ3) is 3.44. The molecule has 0 bridgehead atoms. The number of rotatable bonds is 4. The zero-order valence-electron chi connectivity index (χ0n) is 7.91. The van der Waals surface area contributed by atoms with E-state index in [4.69, 9.17) is 17.3 Å². The minimum absolute atomic E-state index is 0.00705. The van der Waals surface area contributed by atoms with Crippen molar-refractivity contribution in [2.75, 3.05) is 12.3 Å². The smallest absolute Gasteiger partial charge is 0.155 e. The third-order valence-corrected chi connectivity index (χ3v) is 3.80. The van der Waals surface area contributed by atoms with E-state index < -0.39 is 21.4 Å². The summed E-state index contributed by atoms with van der Waals surface area (Å²) >= 11 is 5.70. The van der Waals surface area contributed by atoms with Gasteiger partial charge in [-0.3, -0.25) is 0 Å². The molecule has 1 rings (SSSR count). The highest BCUT2D eigenvalue weighted by atomic mass is 35.5. The average molecular weight is 252 g/mol. The number of hydrogen-bond donors (Lipinski definition) is 1. The van der Waals surface area contributed by atoms with E-state index in [9.17, 15) is 12.8 Å². The fourth-order valence-corrected chi connectivity index (χ4v) is 2.69. The van der Waals surface area contributed by atoms with Crippen molar-refractivity contribution in [3.63, 3.8) is 0 Å². The molecular formula is C9H11ClFNO2S. The fourth-order valence-electron chi connectivity index (χ4n) is 1.14. The summed E-state index contributed by atoms with van der Waals surface area (Å²) in [5.41, 5.74) is 5.15. The number of halogens is 2. The molecule has 0 radical (unpaired) electrons. The molecule has 0 aromatic heterocycles. The summed E-state index contributed by atoms with van der Waals surface area (Å²) in [6.07, 6.45) is 0. The topological polar surface area (TPSA) is 60.2 Å². The van der Waals surface area contributed by atoms with Crippen molar-refractivity contribution in [3.05, 3.63) is 34.6 Å². The molecular weight excluding hydrogens is 241 g/mol. The first-order valence-corrected chi connectivity index (χ1v) is 6.49. The van der Waals surface area contributed by atoms with Crippen LogP contribution >= 0.6 is 11.6 Å². The molecule has 1 aromatic carbocycles. The summed E-state index contributed by atoms with van der Waals surface area (Å²) in [4.78, 5) is 0. The van der Waals surface area contributed by atoms with Crippen LogP contribution in [0.4, 0.5) is 4.39 Å². The van der Waals surface area contributed by atoms with Gasteiger partial charge in [-0.05, 0) is 12.1 Å². The van der Waals surface area contributed by atoms with Crippen LogP contribution in [0.25, 0.3) is 0 Å². The highest BCUT2D eigenvalue weighted by Crippen LogP contribution is 2.21. The molecule has 0 unspecified atom stereocenters. The van der Waals surface area contributed by atoms with Gasteiger partial charge in [-0.25, -0.2) is 12.8 Å². The number of nitrogens with two attached hydrogens (primary N) is 1. The van der Waals surface area contributed by atoms with Gasteiger partial charge in [0, 0.05) is 17.1 Å². The largest absolute Gasteiger partial charge is 0.329 e. The Morgan fingerprint density at radius 1 is 1.40 bits per heavy atom. The van der Waals surface area contributed by atoms with E-state index in [-0.39, 0.29) is 22.9 Å². The van der Waals surface area contributed by atoms with Gasteiger partial charge in [0.1, 0.15) is 5.82 Å². The first-order valence-electron chi connectivity index (χ1n) is 4.29. The number of sulfone groups is 1. The zero-order valence-corrected chi connectivity index (χ0v) is 9.48. The molecule has 0 atom stereocenters. The second-order valence-electron chi connectivity index (χ2n) is 3.08. The van der Waals surface area contributed by atoms with Crippen molar-refractivity contribution in [2.45, 2.75) is 5.75 Å². The van der Waals surface area contributed by atoms with Gasteiger partial charge in [0.2, 0.25) is 0 Å². The van der Waals surface area contributed by atoms with E-state index in [0.29, 0.717) is 0 Å². The van der Waals surface area contributed by atoms with E-state index in [0.717, 1.165) is 0 Å². The molecule has 15 heavy (non-hydrogen) atoms. The van der Waals surface area contributed by atoms with Crippen molar-refractivity contribution in [1.29, 1.82) is 0 Å². The summed E-state index contributed by atoms with van der Waals surface area (Å²) < 4.78 is 36.0. The van der Waals surface area contributed by atoms with Crippen molar-refractivity contribution in [2.24, 2.45) is 5.73 Å². The predicted octanol–water partition coefficient (Wildman–Crippen LogP) is 1.35. The molecule has 0 amide bonds. The van der Waals surface area contributed by atoms with Gasteiger partial charge in [0.05, 0.1) is 11.5 Å². The molecule has 0 aliphatic carbocycles. The summed E-state index contributed by atoms with van der Waals surface area (Å²) in [6.45, 7) is 0.0222. The van der Waals surface area contributed by atoms with Gasteiger partial charge in [-0.15, -0.1) is 0 Å². The maximum Gasteiger partial charge on any atom is 0.155 e. The molecule has 0 fully saturated rings. The molecule has 3 nitrogen and oxygen atoms in total. The summed E-state index contributed by atoms with van der Waals surface area (Å²) in [5.74, 6) is -1.18. The maximum absolute atomic E-state index is 13.2. The second kappa shape index (κ2) is 4.92. The van der Waals surface area contributed by atoms with Gasteiger partial charge in [-0.1, -0.05) is 17.7 Å². The van der Waals surface area contributed by atoms with Crippen LogP contribution in [0, 0.1) is 5.82 Å². The normalized spacial score (nSPS) is 11.7. The van der Waals surface area contributed by atoms with Crippen LogP contribution < -0.4 is 5.73 Å². The van der Waals surface area contributed by atoms with Crippen LogP contribution in [0.2, 0.25) is 5.02 Å². The first-order chi connectivity index (χ1) is 6.96. The maximum atomic E-state index is 13.2. The summed E-state index contributed by atoms with van der Waals surface area (Å²) in [6, 6.07) is 4.06. The summed E-state index contributed by atoms with van der Waals surface area (Å²) in [7, 11) is -3.38. The Labute approximate surface area is 93.0 Å². The van der Waals surface area contributed by atoms with Gasteiger partial charge in [0.15, 0.2) is 9.84 Å². The van der Waals surface area contributed by atoms with Crippen LogP contribution in [0.5, 0.6) is 0 Å². The lowest BCUT2D eigenvalue weighted by atomic mass is 10.2. The van der Waals surface area contributed by atoms with Crippen LogP contribution in [0.15, 0.2) is 18.2 Å². The number of benzene rings is 1. The van der Waals surface area contributed by atoms with Crippen LogP contribution in [0.3, 0.4) is 0 Å². The second-order valence-corrected chi connectivity index (χ2v) is 5.67. The Morgan fingerprint density at radius 2 is 2.07 bits per heavy atom. The van der Waals surface area contributed by atoms with Crippen LogP contribution in [-0.4, -0.2) is 20.7 Å². The molecule has 0 spiro atoms. The molecule has 0 saturated carbocycles. The lowest BCUT2D eigenvalue weighted by molar-refractivity contribution is 0.587. The number of hydrogen-bond acceptors (Lipinski definition) is 3. The van der Waals surface area contributed by atoms with Crippen molar-refractivity contribution >= 4 is 21.4 Å². The molecule has 6 heteroatoms. The van der Waals surface area contributed by atoms with Crippen LogP contribution in [0.1, 0.15) is 5.56 Å². The van der Waals surface area contributed by atoms with Gasteiger partial charge in [0.25, 0.3) is 0 Å². The standard InChI is InChI=1S/C9H11ClFNO2S/c10-8-2-1-3-9(11)7(8)6-15(13,14)5-4-12/h1-3H,4-6,12H2. The Hall–Kier alpha value is -0.650. The lowest BCUT2D eigenvalue weighted by Crippen LogP contribution is -2.18. The quantitative estimate of drug-likeness (QED) is 0.879. The van der Waals surface area contributed by atoms with E-state index >= 15 is 0 Å². The summed E-state index contributed by atoms with van der Waals surface area (Å²) in [5, 5.41) is 0.121. The average Bonchev–Trinajstić information content (AvgIpc) is 2.11. The molecule has 0 aliphatic rings. The molecule has 0 aliphatic heterocycles. The monoisotopic (exact) mass is 251 g/mol. The van der Waals surface area contributed by atoms with Crippen molar-refractivity contribution in [1.82, 2.24) is 0 Å². The minimum Gasteiger partial charge on any atom is -0.329 e. The SMILES string of the molecule is NCCS(=O)(=O)Cc1c(F)cccc1Cl. The molecule has 1 aromatic rings. The van der Waals surface area contributed by atoms with E-state index in [1.54, 1.807) is 0 Å². The Morgan fingerprint density at radius 3 is 2.60 bits per heavy atom.